The fourth-order valence-corrected chi connectivity index (χ4v) is 4.50. The molecule has 4 N–H and O–H groups in total. The van der Waals surface area contributed by atoms with E-state index < -0.39 is 0 Å². The van der Waals surface area contributed by atoms with Gasteiger partial charge in [-0.3, -0.25) is 0 Å². The molecular formula is C28H34N4O. The lowest BCUT2D eigenvalue weighted by Gasteiger charge is -2.33. The summed E-state index contributed by atoms with van der Waals surface area (Å²) in [4.78, 5) is 14.9. The lowest BCUT2D eigenvalue weighted by atomic mass is 9.91. The smallest absolute Gasteiger partial charge is 0.317 e. The van der Waals surface area contributed by atoms with Gasteiger partial charge in [-0.05, 0) is 54.6 Å². The van der Waals surface area contributed by atoms with Crippen LogP contribution in [0.1, 0.15) is 35.4 Å². The zero-order valence-corrected chi connectivity index (χ0v) is 19.1. The highest BCUT2D eigenvalue weighted by molar-refractivity contribution is 5.74. The quantitative estimate of drug-likeness (QED) is 0.477. The second-order valence-corrected chi connectivity index (χ2v) is 8.70. The molecule has 0 atom stereocenters. The largest absolute Gasteiger partial charge is 0.382 e. The van der Waals surface area contributed by atoms with E-state index in [0.29, 0.717) is 19.1 Å². The molecule has 1 aliphatic heterocycles. The molecule has 1 heterocycles. The van der Waals surface area contributed by atoms with E-state index in [4.69, 9.17) is 5.73 Å². The molecule has 3 aromatic rings. The molecule has 1 aliphatic rings. The number of benzene rings is 3. The van der Waals surface area contributed by atoms with Crippen molar-refractivity contribution in [1.29, 1.82) is 0 Å². The highest BCUT2D eigenvalue weighted by atomic mass is 16.2. The van der Waals surface area contributed by atoms with Crippen molar-refractivity contribution in [2.24, 2.45) is 5.73 Å². The molecule has 0 aliphatic carbocycles. The van der Waals surface area contributed by atoms with Gasteiger partial charge in [-0.15, -0.1) is 0 Å². The first-order valence-corrected chi connectivity index (χ1v) is 11.9. The third kappa shape index (κ3) is 6.36. The second kappa shape index (κ2) is 11.5. The first-order valence-electron chi connectivity index (χ1n) is 11.9. The molecule has 0 radical (unpaired) electrons. The van der Waals surface area contributed by atoms with E-state index in [2.05, 4.69) is 83.4 Å². The monoisotopic (exact) mass is 442 g/mol. The Morgan fingerprint density at radius 1 is 0.879 bits per heavy atom. The Labute approximate surface area is 197 Å². The lowest BCUT2D eigenvalue weighted by Crippen LogP contribution is -2.47. The van der Waals surface area contributed by atoms with Crippen molar-refractivity contribution in [1.82, 2.24) is 10.2 Å². The first-order chi connectivity index (χ1) is 16.2. The highest BCUT2D eigenvalue weighted by Gasteiger charge is 2.24. The van der Waals surface area contributed by atoms with Crippen LogP contribution in [0.5, 0.6) is 0 Å². The average molecular weight is 443 g/mol. The van der Waals surface area contributed by atoms with Crippen molar-refractivity contribution in [2.45, 2.75) is 31.2 Å². The Morgan fingerprint density at radius 2 is 1.45 bits per heavy atom. The van der Waals surface area contributed by atoms with Crippen LogP contribution in [0, 0.1) is 0 Å². The van der Waals surface area contributed by atoms with Crippen LogP contribution < -0.4 is 16.4 Å². The first kappa shape index (κ1) is 22.9. The molecule has 0 saturated carbocycles. The summed E-state index contributed by atoms with van der Waals surface area (Å²) in [5.41, 5.74) is 10.4. The number of likely N-dealkylation sites (tertiary alicyclic amines) is 1. The van der Waals surface area contributed by atoms with Crippen molar-refractivity contribution in [3.63, 3.8) is 0 Å². The third-order valence-electron chi connectivity index (χ3n) is 6.40. The summed E-state index contributed by atoms with van der Waals surface area (Å²) in [6.07, 6.45) is 2.79. The number of amides is 2. The predicted octanol–water partition coefficient (Wildman–Crippen LogP) is 4.61. The summed E-state index contributed by atoms with van der Waals surface area (Å²) in [7, 11) is 0. The summed E-state index contributed by atoms with van der Waals surface area (Å²) >= 11 is 0. The number of nitrogens with one attached hydrogen (secondary N) is 2. The number of rotatable bonds is 8. The predicted molar refractivity (Wildman–Crippen MR) is 136 cm³/mol. The number of anilines is 1. The molecule has 0 unspecified atom stereocenters. The SMILES string of the molecule is NCCc1ccc(NC2CCN(C(=O)NCC(c3ccccc3)c3ccccc3)CC2)cc1. The summed E-state index contributed by atoms with van der Waals surface area (Å²) in [6.45, 7) is 2.77. The lowest BCUT2D eigenvalue weighted by molar-refractivity contribution is 0.183. The standard InChI is InChI=1S/C28H34N4O/c29-18-15-22-11-13-25(14-12-22)31-26-16-19-32(20-17-26)28(33)30-21-27(23-7-3-1-4-8-23)24-9-5-2-6-10-24/h1-14,26-27,31H,15-21,29H2,(H,30,33). The van der Waals surface area contributed by atoms with Crippen LogP contribution in [-0.2, 0) is 6.42 Å². The third-order valence-corrected chi connectivity index (χ3v) is 6.40. The van der Waals surface area contributed by atoms with Crippen LogP contribution in [0.3, 0.4) is 0 Å². The molecule has 0 bridgehead atoms. The molecule has 5 heteroatoms. The highest BCUT2D eigenvalue weighted by Crippen LogP contribution is 2.24. The maximum atomic E-state index is 12.9. The number of urea groups is 1. The minimum absolute atomic E-state index is 0.0245. The molecule has 0 spiro atoms. The second-order valence-electron chi connectivity index (χ2n) is 8.70. The average Bonchev–Trinajstić information content (AvgIpc) is 2.87. The van der Waals surface area contributed by atoms with Gasteiger partial charge in [0.25, 0.3) is 0 Å². The molecule has 4 rings (SSSR count). The maximum Gasteiger partial charge on any atom is 0.317 e. The maximum absolute atomic E-state index is 12.9. The van der Waals surface area contributed by atoms with E-state index in [0.717, 1.165) is 38.0 Å². The fourth-order valence-electron chi connectivity index (χ4n) is 4.50. The molecule has 1 saturated heterocycles. The van der Waals surface area contributed by atoms with E-state index in [1.165, 1.54) is 16.7 Å². The summed E-state index contributed by atoms with van der Waals surface area (Å²) in [6, 6.07) is 29.7. The van der Waals surface area contributed by atoms with Gasteiger partial charge in [0.05, 0.1) is 0 Å². The van der Waals surface area contributed by atoms with Crippen molar-refractivity contribution in [3.8, 4) is 0 Å². The number of carbonyl (C=O) groups is 1. The van der Waals surface area contributed by atoms with E-state index >= 15 is 0 Å². The number of hydrogen-bond donors (Lipinski definition) is 3. The number of hydrogen-bond acceptors (Lipinski definition) is 3. The normalized spacial score (nSPS) is 14.3. The van der Waals surface area contributed by atoms with Gasteiger partial charge in [0.15, 0.2) is 0 Å². The van der Waals surface area contributed by atoms with Gasteiger partial charge in [-0.25, -0.2) is 4.79 Å². The Balaban J connectivity index is 1.28. The number of carbonyl (C=O) groups excluding carboxylic acids is 1. The molecule has 172 valence electrons. The van der Waals surface area contributed by atoms with Gasteiger partial charge in [-0.2, -0.15) is 0 Å². The molecule has 3 aromatic carbocycles. The summed E-state index contributed by atoms with van der Waals surface area (Å²) in [5, 5.41) is 6.80. The van der Waals surface area contributed by atoms with Gasteiger partial charge in [0, 0.05) is 37.3 Å². The Hall–Kier alpha value is -3.31. The summed E-state index contributed by atoms with van der Waals surface area (Å²) in [5.74, 6) is 0.137. The van der Waals surface area contributed by atoms with Crippen LogP contribution in [0.15, 0.2) is 84.9 Å². The molecule has 0 aromatic heterocycles. The van der Waals surface area contributed by atoms with E-state index in [1.807, 2.05) is 17.0 Å². The van der Waals surface area contributed by atoms with Crippen molar-refractivity contribution < 1.29 is 4.79 Å². The summed E-state index contributed by atoms with van der Waals surface area (Å²) < 4.78 is 0. The molecule has 1 fully saturated rings. The van der Waals surface area contributed by atoms with Crippen molar-refractivity contribution in [3.05, 3.63) is 102 Å². The Morgan fingerprint density at radius 3 is 2.00 bits per heavy atom. The number of nitrogens with zero attached hydrogens (tertiary/aromatic N) is 1. The van der Waals surface area contributed by atoms with Gasteiger partial charge < -0.3 is 21.3 Å². The number of nitrogens with two attached hydrogens (primary N) is 1. The minimum atomic E-state index is 0.0245. The van der Waals surface area contributed by atoms with Crippen molar-refractivity contribution >= 4 is 11.7 Å². The minimum Gasteiger partial charge on any atom is -0.382 e. The fraction of sp³-hybridized carbons (Fsp3) is 0.321. The van der Waals surface area contributed by atoms with E-state index in [-0.39, 0.29) is 11.9 Å². The Kier molecular flexibility index (Phi) is 7.99. The van der Waals surface area contributed by atoms with Crippen LogP contribution in [0.2, 0.25) is 0 Å². The van der Waals surface area contributed by atoms with Gasteiger partial charge in [0.1, 0.15) is 0 Å². The zero-order valence-electron chi connectivity index (χ0n) is 19.1. The Bertz CT molecular complexity index is 944. The van der Waals surface area contributed by atoms with Gasteiger partial charge in [-0.1, -0.05) is 72.8 Å². The van der Waals surface area contributed by atoms with Crippen LogP contribution in [-0.4, -0.2) is 43.2 Å². The molecule has 2 amide bonds. The molecule has 33 heavy (non-hydrogen) atoms. The van der Waals surface area contributed by atoms with Gasteiger partial charge >= 0.3 is 6.03 Å². The van der Waals surface area contributed by atoms with E-state index in [1.54, 1.807) is 0 Å². The number of piperidine rings is 1. The molecule has 5 nitrogen and oxygen atoms in total. The van der Waals surface area contributed by atoms with E-state index in [9.17, 15) is 4.79 Å². The van der Waals surface area contributed by atoms with Crippen molar-refractivity contribution in [2.75, 3.05) is 31.5 Å². The van der Waals surface area contributed by atoms with Crippen LogP contribution in [0.4, 0.5) is 10.5 Å². The van der Waals surface area contributed by atoms with Gasteiger partial charge in [0.2, 0.25) is 0 Å². The topological polar surface area (TPSA) is 70.4 Å². The zero-order chi connectivity index (χ0) is 22.9. The van der Waals surface area contributed by atoms with Crippen LogP contribution in [0.25, 0.3) is 0 Å². The molecular weight excluding hydrogens is 408 g/mol. The van der Waals surface area contributed by atoms with Crippen LogP contribution >= 0.6 is 0 Å².